The summed E-state index contributed by atoms with van der Waals surface area (Å²) in [5.74, 6) is 5.64. The Morgan fingerprint density at radius 1 is 1.24 bits per heavy atom. The Labute approximate surface area is 124 Å². The summed E-state index contributed by atoms with van der Waals surface area (Å²) in [6.45, 7) is 4.13. The van der Waals surface area contributed by atoms with Gasteiger partial charge in [0.2, 0.25) is 0 Å². The lowest BCUT2D eigenvalue weighted by Crippen LogP contribution is -2.30. The van der Waals surface area contributed by atoms with E-state index in [1.807, 2.05) is 36.4 Å². The summed E-state index contributed by atoms with van der Waals surface area (Å²) < 4.78 is 5.83. The Hall–Kier alpha value is -2.59. The molecule has 108 valence electrons. The van der Waals surface area contributed by atoms with Crippen molar-refractivity contribution in [1.29, 1.82) is 0 Å². The van der Waals surface area contributed by atoms with Crippen molar-refractivity contribution < 1.29 is 9.53 Å². The minimum Gasteiger partial charge on any atom is -0.489 e. The number of nitrogens with two attached hydrogens (primary N) is 1. The fraction of sp³-hybridized carbons (Fsp3) is 0.118. The van der Waals surface area contributed by atoms with E-state index in [0.717, 1.165) is 23.3 Å². The van der Waals surface area contributed by atoms with E-state index >= 15 is 0 Å². The quantitative estimate of drug-likeness (QED) is 0.370. The lowest BCUT2D eigenvalue weighted by atomic mass is 10.1. The highest BCUT2D eigenvalue weighted by Crippen LogP contribution is 2.20. The van der Waals surface area contributed by atoms with Crippen LogP contribution in [0.15, 0.2) is 61.2 Å². The molecule has 0 saturated carbocycles. The van der Waals surface area contributed by atoms with Crippen LogP contribution < -0.4 is 16.0 Å². The van der Waals surface area contributed by atoms with Crippen LogP contribution in [-0.2, 0) is 13.0 Å². The van der Waals surface area contributed by atoms with Crippen molar-refractivity contribution in [3.63, 3.8) is 0 Å². The summed E-state index contributed by atoms with van der Waals surface area (Å²) in [5.41, 5.74) is 4.62. The molecule has 0 aromatic heterocycles. The van der Waals surface area contributed by atoms with Gasteiger partial charge in [0.15, 0.2) is 0 Å². The number of allylic oxidation sites excluding steroid dienone is 1. The minimum absolute atomic E-state index is 0.316. The Morgan fingerprint density at radius 3 is 2.81 bits per heavy atom. The lowest BCUT2D eigenvalue weighted by Gasteiger charge is -2.11. The molecule has 0 atom stereocenters. The van der Waals surface area contributed by atoms with Crippen molar-refractivity contribution >= 4 is 5.91 Å². The molecular weight excluding hydrogens is 264 g/mol. The number of nitrogens with one attached hydrogen (secondary N) is 1. The first kappa shape index (κ1) is 14.8. The van der Waals surface area contributed by atoms with Crippen LogP contribution in [0.1, 0.15) is 21.5 Å². The molecule has 1 amide bonds. The number of para-hydroxylation sites is 1. The zero-order chi connectivity index (χ0) is 15.1. The molecule has 2 rings (SSSR count). The molecule has 0 aliphatic rings. The summed E-state index contributed by atoms with van der Waals surface area (Å²) in [4.78, 5) is 11.5. The molecule has 0 bridgehead atoms. The van der Waals surface area contributed by atoms with Crippen LogP contribution in [0, 0.1) is 0 Å². The predicted molar refractivity (Wildman–Crippen MR) is 82.8 cm³/mol. The predicted octanol–water partition coefficient (Wildman–Crippen LogP) is 2.60. The second kappa shape index (κ2) is 7.26. The van der Waals surface area contributed by atoms with Gasteiger partial charge in [-0.05, 0) is 35.7 Å². The zero-order valence-corrected chi connectivity index (χ0v) is 11.7. The summed E-state index contributed by atoms with van der Waals surface area (Å²) in [5, 5.41) is 0. The van der Waals surface area contributed by atoms with Crippen LogP contribution in [-0.4, -0.2) is 5.91 Å². The molecule has 21 heavy (non-hydrogen) atoms. The van der Waals surface area contributed by atoms with Gasteiger partial charge in [-0.15, -0.1) is 6.58 Å². The Kier molecular flexibility index (Phi) is 5.12. The number of hydrogen-bond donors (Lipinski definition) is 2. The fourth-order valence-electron chi connectivity index (χ4n) is 2.02. The number of benzene rings is 2. The Morgan fingerprint density at radius 2 is 2.05 bits per heavy atom. The number of hydrazine groups is 1. The normalized spacial score (nSPS) is 9.95. The van der Waals surface area contributed by atoms with Crippen molar-refractivity contribution in [3.8, 4) is 5.75 Å². The number of rotatable bonds is 6. The van der Waals surface area contributed by atoms with Gasteiger partial charge in [-0.25, -0.2) is 5.84 Å². The third kappa shape index (κ3) is 3.94. The molecular formula is C17H18N2O2. The lowest BCUT2D eigenvalue weighted by molar-refractivity contribution is 0.0953. The summed E-state index contributed by atoms with van der Waals surface area (Å²) >= 11 is 0. The molecule has 2 aromatic carbocycles. The van der Waals surface area contributed by atoms with Gasteiger partial charge < -0.3 is 4.74 Å². The molecule has 0 aliphatic carbocycles. The van der Waals surface area contributed by atoms with Gasteiger partial charge in [0.25, 0.3) is 5.91 Å². The van der Waals surface area contributed by atoms with Gasteiger partial charge in [0.05, 0.1) is 0 Å². The zero-order valence-electron chi connectivity index (χ0n) is 11.7. The highest BCUT2D eigenvalue weighted by molar-refractivity contribution is 5.93. The van der Waals surface area contributed by atoms with Crippen LogP contribution in [0.5, 0.6) is 5.75 Å². The number of carbonyl (C=O) groups excluding carboxylic acids is 1. The summed E-state index contributed by atoms with van der Waals surface area (Å²) in [6.07, 6.45) is 2.60. The van der Waals surface area contributed by atoms with E-state index in [9.17, 15) is 4.79 Å². The first-order valence-electron chi connectivity index (χ1n) is 6.66. The third-order valence-electron chi connectivity index (χ3n) is 3.05. The molecule has 3 N–H and O–H groups in total. The van der Waals surface area contributed by atoms with Crippen LogP contribution in [0.4, 0.5) is 0 Å². The van der Waals surface area contributed by atoms with Gasteiger partial charge in [0.1, 0.15) is 12.4 Å². The molecule has 4 nitrogen and oxygen atoms in total. The van der Waals surface area contributed by atoms with Crippen molar-refractivity contribution in [2.75, 3.05) is 0 Å². The number of nitrogen functional groups attached to an aromatic ring is 1. The minimum atomic E-state index is -0.316. The highest BCUT2D eigenvalue weighted by Gasteiger charge is 2.05. The molecule has 0 heterocycles. The maximum absolute atomic E-state index is 11.5. The maximum Gasteiger partial charge on any atom is 0.265 e. The Balaban J connectivity index is 2.10. The van der Waals surface area contributed by atoms with E-state index < -0.39 is 0 Å². The van der Waals surface area contributed by atoms with Crippen molar-refractivity contribution in [2.45, 2.75) is 13.0 Å². The largest absolute Gasteiger partial charge is 0.489 e. The average Bonchev–Trinajstić information content (AvgIpc) is 2.54. The van der Waals surface area contributed by atoms with Crippen molar-refractivity contribution in [2.24, 2.45) is 5.84 Å². The van der Waals surface area contributed by atoms with Crippen LogP contribution in [0.2, 0.25) is 0 Å². The van der Waals surface area contributed by atoms with E-state index in [-0.39, 0.29) is 5.91 Å². The van der Waals surface area contributed by atoms with E-state index in [0.29, 0.717) is 12.2 Å². The third-order valence-corrected chi connectivity index (χ3v) is 3.05. The van der Waals surface area contributed by atoms with E-state index in [4.69, 9.17) is 10.6 Å². The Bertz CT molecular complexity index is 638. The molecule has 2 aromatic rings. The molecule has 0 fully saturated rings. The van der Waals surface area contributed by atoms with Crippen LogP contribution in [0.3, 0.4) is 0 Å². The molecule has 4 heteroatoms. The maximum atomic E-state index is 11.5. The number of amides is 1. The molecule has 0 unspecified atom stereocenters. The molecule has 0 spiro atoms. The van der Waals surface area contributed by atoms with Gasteiger partial charge in [-0.3, -0.25) is 10.2 Å². The van der Waals surface area contributed by atoms with Crippen molar-refractivity contribution in [3.05, 3.63) is 77.9 Å². The number of carbonyl (C=O) groups is 1. The molecule has 0 aliphatic heterocycles. The second-order valence-electron chi connectivity index (χ2n) is 4.56. The van der Waals surface area contributed by atoms with Gasteiger partial charge in [-0.1, -0.05) is 36.4 Å². The van der Waals surface area contributed by atoms with E-state index in [2.05, 4.69) is 12.0 Å². The molecule has 0 saturated heterocycles. The summed E-state index contributed by atoms with van der Waals surface area (Å²) in [7, 11) is 0. The van der Waals surface area contributed by atoms with Gasteiger partial charge in [-0.2, -0.15) is 0 Å². The first-order chi connectivity index (χ1) is 10.2. The van der Waals surface area contributed by atoms with Gasteiger partial charge in [0, 0.05) is 5.56 Å². The first-order valence-corrected chi connectivity index (χ1v) is 6.66. The summed E-state index contributed by atoms with van der Waals surface area (Å²) in [6, 6.07) is 15.0. The van der Waals surface area contributed by atoms with Crippen molar-refractivity contribution in [1.82, 2.24) is 5.43 Å². The SMILES string of the molecule is C=CCc1ccccc1OCc1cccc(C(=O)NN)c1. The monoisotopic (exact) mass is 282 g/mol. The van der Waals surface area contributed by atoms with Crippen LogP contribution in [0.25, 0.3) is 0 Å². The smallest absolute Gasteiger partial charge is 0.265 e. The number of ether oxygens (including phenoxy) is 1. The van der Waals surface area contributed by atoms with Gasteiger partial charge >= 0.3 is 0 Å². The fourth-order valence-corrected chi connectivity index (χ4v) is 2.02. The highest BCUT2D eigenvalue weighted by atomic mass is 16.5. The topological polar surface area (TPSA) is 64.3 Å². The standard InChI is InChI=1S/C17H18N2O2/c1-2-6-14-8-3-4-10-16(14)21-12-13-7-5-9-15(11-13)17(20)19-18/h2-5,7-11H,1,6,12,18H2,(H,19,20). The average molecular weight is 282 g/mol. The molecule has 0 radical (unpaired) electrons. The second-order valence-corrected chi connectivity index (χ2v) is 4.56. The van der Waals surface area contributed by atoms with E-state index in [1.165, 1.54) is 0 Å². The van der Waals surface area contributed by atoms with E-state index in [1.54, 1.807) is 18.2 Å². The van der Waals surface area contributed by atoms with Crippen LogP contribution >= 0.6 is 0 Å². The number of hydrogen-bond acceptors (Lipinski definition) is 3.